The molecule has 3 rings (SSSR count). The normalized spacial score (nSPS) is 21.1. The molecule has 0 N–H and O–H groups in total. The first kappa shape index (κ1) is 21.2. The summed E-state index contributed by atoms with van der Waals surface area (Å²) < 4.78 is 10.6. The fraction of sp³-hybridized carbons (Fsp3) is 0.476. The molecule has 0 radical (unpaired) electrons. The number of carbonyl (C=O) groups is 3. The summed E-state index contributed by atoms with van der Waals surface area (Å²) in [4.78, 5) is 41.0. The molecule has 0 saturated carbocycles. The van der Waals surface area contributed by atoms with Crippen LogP contribution in [0.2, 0.25) is 0 Å². The van der Waals surface area contributed by atoms with Gasteiger partial charge in [-0.1, -0.05) is 0 Å². The number of ether oxygens (including phenoxy) is 2. The third-order valence-electron chi connectivity index (χ3n) is 5.35. The summed E-state index contributed by atoms with van der Waals surface area (Å²) in [7, 11) is 3.10. The third-order valence-corrected chi connectivity index (χ3v) is 6.26. The molecule has 2 heterocycles. The van der Waals surface area contributed by atoms with Gasteiger partial charge in [0.15, 0.2) is 11.5 Å². The Morgan fingerprint density at radius 2 is 1.90 bits per heavy atom. The molecule has 156 valence electrons. The first-order chi connectivity index (χ1) is 13.8. The predicted molar refractivity (Wildman–Crippen MR) is 112 cm³/mol. The highest BCUT2D eigenvalue weighted by atomic mass is 32.2. The maximum Gasteiger partial charge on any atom is 0.294 e. The van der Waals surface area contributed by atoms with Gasteiger partial charge in [-0.15, -0.1) is 0 Å². The lowest BCUT2D eigenvalue weighted by Gasteiger charge is -2.34. The van der Waals surface area contributed by atoms with Crippen LogP contribution in [0.15, 0.2) is 17.0 Å². The second kappa shape index (κ2) is 8.90. The van der Waals surface area contributed by atoms with Crippen molar-refractivity contribution in [2.24, 2.45) is 0 Å². The summed E-state index contributed by atoms with van der Waals surface area (Å²) in [6.45, 7) is 4.36. The fourth-order valence-corrected chi connectivity index (χ4v) is 4.45. The lowest BCUT2D eigenvalue weighted by Crippen LogP contribution is -2.47. The number of hydrogen-bond donors (Lipinski definition) is 0. The molecule has 0 aromatic heterocycles. The molecule has 2 aliphatic heterocycles. The van der Waals surface area contributed by atoms with Crippen molar-refractivity contribution in [1.82, 2.24) is 9.80 Å². The molecule has 0 aliphatic carbocycles. The standard InChI is InChI=1S/C21H26N2O5S/c1-13-9-16(27-3)17(28-4)10-15(13)11-18-20(25)23(21(26)29-18)12-19(24)22-8-6-5-7-14(22)2/h9-11,14H,5-8,12H2,1-4H3/b18-11-/t14-/m0/s1. The third kappa shape index (κ3) is 4.42. The zero-order chi connectivity index (χ0) is 21.1. The van der Waals surface area contributed by atoms with Crippen molar-refractivity contribution >= 4 is 34.9 Å². The van der Waals surface area contributed by atoms with E-state index in [4.69, 9.17) is 9.47 Å². The lowest BCUT2D eigenvalue weighted by atomic mass is 10.0. The Labute approximate surface area is 175 Å². The maximum absolute atomic E-state index is 12.8. The molecule has 0 spiro atoms. The molecule has 2 aliphatic rings. The van der Waals surface area contributed by atoms with Crippen LogP contribution in [-0.2, 0) is 9.59 Å². The van der Waals surface area contributed by atoms with Gasteiger partial charge in [0.05, 0.1) is 19.1 Å². The highest BCUT2D eigenvalue weighted by Crippen LogP contribution is 2.36. The van der Waals surface area contributed by atoms with Gasteiger partial charge in [-0.25, -0.2) is 0 Å². The number of nitrogens with zero attached hydrogens (tertiary/aromatic N) is 2. The van der Waals surface area contributed by atoms with Gasteiger partial charge in [0.25, 0.3) is 11.1 Å². The SMILES string of the molecule is COc1cc(C)c(/C=C2\SC(=O)N(CC(=O)N3CCCC[C@@H]3C)C2=O)cc1OC. The molecular formula is C21H26N2O5S. The van der Waals surface area contributed by atoms with Crippen LogP contribution in [0.1, 0.15) is 37.3 Å². The van der Waals surface area contributed by atoms with Crippen LogP contribution >= 0.6 is 11.8 Å². The van der Waals surface area contributed by atoms with Crippen LogP contribution in [0, 0.1) is 6.92 Å². The number of amides is 3. The number of aryl methyl sites for hydroxylation is 1. The van der Waals surface area contributed by atoms with Gasteiger partial charge in [0.2, 0.25) is 5.91 Å². The number of benzene rings is 1. The summed E-state index contributed by atoms with van der Waals surface area (Å²) in [5, 5.41) is -0.419. The average molecular weight is 419 g/mol. The Bertz CT molecular complexity index is 867. The van der Waals surface area contributed by atoms with E-state index in [9.17, 15) is 14.4 Å². The second-order valence-corrected chi connectivity index (χ2v) is 8.26. The molecule has 8 heteroatoms. The monoisotopic (exact) mass is 418 g/mol. The van der Waals surface area contributed by atoms with E-state index in [2.05, 4.69) is 0 Å². The van der Waals surface area contributed by atoms with E-state index in [1.54, 1.807) is 24.2 Å². The minimum atomic E-state index is -0.438. The van der Waals surface area contributed by atoms with Crippen molar-refractivity contribution < 1.29 is 23.9 Å². The number of rotatable bonds is 5. The highest BCUT2D eigenvalue weighted by molar-refractivity contribution is 8.18. The molecule has 2 saturated heterocycles. The number of piperidine rings is 1. The van der Waals surface area contributed by atoms with Crippen LogP contribution in [0.5, 0.6) is 11.5 Å². The van der Waals surface area contributed by atoms with E-state index in [1.807, 2.05) is 19.9 Å². The minimum absolute atomic E-state index is 0.140. The summed E-state index contributed by atoms with van der Waals surface area (Å²) in [6, 6.07) is 3.72. The Morgan fingerprint density at radius 1 is 1.21 bits per heavy atom. The molecule has 1 atom stereocenters. The molecule has 0 bridgehead atoms. The molecule has 3 amide bonds. The van der Waals surface area contributed by atoms with E-state index in [0.717, 1.165) is 47.1 Å². The largest absolute Gasteiger partial charge is 0.493 e. The second-order valence-electron chi connectivity index (χ2n) is 7.26. The van der Waals surface area contributed by atoms with E-state index in [1.165, 1.54) is 7.11 Å². The Morgan fingerprint density at radius 3 is 2.55 bits per heavy atom. The van der Waals surface area contributed by atoms with Crippen molar-refractivity contribution in [3.05, 3.63) is 28.2 Å². The van der Waals surface area contributed by atoms with Crippen LogP contribution in [0.3, 0.4) is 0 Å². The van der Waals surface area contributed by atoms with Gasteiger partial charge in [-0.05, 0) is 74.2 Å². The summed E-state index contributed by atoms with van der Waals surface area (Å²) in [5.41, 5.74) is 1.64. The van der Waals surface area contributed by atoms with Crippen molar-refractivity contribution in [1.29, 1.82) is 0 Å². The first-order valence-electron chi connectivity index (χ1n) is 9.63. The summed E-state index contributed by atoms with van der Waals surface area (Å²) >= 11 is 0.854. The minimum Gasteiger partial charge on any atom is -0.493 e. The van der Waals surface area contributed by atoms with Crippen LogP contribution < -0.4 is 9.47 Å². The smallest absolute Gasteiger partial charge is 0.294 e. The van der Waals surface area contributed by atoms with Crippen molar-refractivity contribution in [3.63, 3.8) is 0 Å². The first-order valence-corrected chi connectivity index (χ1v) is 10.4. The summed E-state index contributed by atoms with van der Waals surface area (Å²) in [5.74, 6) is 0.518. The van der Waals surface area contributed by atoms with E-state index in [-0.39, 0.29) is 18.5 Å². The zero-order valence-corrected chi connectivity index (χ0v) is 18.0. The van der Waals surface area contributed by atoms with Crippen LogP contribution in [-0.4, -0.2) is 60.2 Å². The van der Waals surface area contributed by atoms with E-state index in [0.29, 0.717) is 22.9 Å². The lowest BCUT2D eigenvalue weighted by molar-refractivity contribution is -0.138. The van der Waals surface area contributed by atoms with E-state index < -0.39 is 11.1 Å². The molecule has 0 unspecified atom stereocenters. The number of carbonyl (C=O) groups excluding carboxylic acids is 3. The van der Waals surface area contributed by atoms with Gasteiger partial charge in [0.1, 0.15) is 6.54 Å². The zero-order valence-electron chi connectivity index (χ0n) is 17.2. The van der Waals surface area contributed by atoms with Crippen molar-refractivity contribution in [2.75, 3.05) is 27.3 Å². The number of thioether (sulfide) groups is 1. The fourth-order valence-electron chi connectivity index (χ4n) is 3.62. The van der Waals surface area contributed by atoms with Gasteiger partial charge in [-0.2, -0.15) is 0 Å². The number of hydrogen-bond acceptors (Lipinski definition) is 6. The van der Waals surface area contributed by atoms with Crippen molar-refractivity contribution in [2.45, 2.75) is 39.2 Å². The maximum atomic E-state index is 12.8. The van der Waals surface area contributed by atoms with E-state index >= 15 is 0 Å². The van der Waals surface area contributed by atoms with Crippen molar-refractivity contribution in [3.8, 4) is 11.5 Å². The molecule has 1 aromatic carbocycles. The molecular weight excluding hydrogens is 392 g/mol. The Hall–Kier alpha value is -2.48. The Balaban J connectivity index is 1.79. The quantitative estimate of drug-likeness (QED) is 0.682. The predicted octanol–water partition coefficient (Wildman–Crippen LogP) is 3.45. The van der Waals surface area contributed by atoms with Gasteiger partial charge < -0.3 is 14.4 Å². The van der Waals surface area contributed by atoms with Crippen LogP contribution in [0.25, 0.3) is 6.08 Å². The summed E-state index contributed by atoms with van der Waals surface area (Å²) in [6.07, 6.45) is 4.67. The number of methoxy groups -OCH3 is 2. The number of likely N-dealkylation sites (tertiary alicyclic amines) is 1. The topological polar surface area (TPSA) is 76.2 Å². The van der Waals surface area contributed by atoms with Gasteiger partial charge in [-0.3, -0.25) is 19.3 Å². The van der Waals surface area contributed by atoms with Gasteiger partial charge in [0, 0.05) is 12.6 Å². The molecule has 1 aromatic rings. The highest BCUT2D eigenvalue weighted by Gasteiger charge is 2.38. The molecule has 7 nitrogen and oxygen atoms in total. The molecule has 29 heavy (non-hydrogen) atoms. The van der Waals surface area contributed by atoms with Crippen LogP contribution in [0.4, 0.5) is 4.79 Å². The van der Waals surface area contributed by atoms with Gasteiger partial charge >= 0.3 is 0 Å². The molecule has 2 fully saturated rings. The Kier molecular flexibility index (Phi) is 6.52. The number of imide groups is 1. The average Bonchev–Trinajstić information content (AvgIpc) is 2.96.